The minimum atomic E-state index is -0.246. The highest BCUT2D eigenvalue weighted by Crippen LogP contribution is 2.32. The van der Waals surface area contributed by atoms with E-state index >= 15 is 0 Å². The number of benzene rings is 1. The fourth-order valence-corrected chi connectivity index (χ4v) is 2.00. The average molecular weight is 292 g/mol. The van der Waals surface area contributed by atoms with E-state index < -0.39 is 0 Å². The summed E-state index contributed by atoms with van der Waals surface area (Å²) in [5.41, 5.74) is 1.07. The highest BCUT2D eigenvalue weighted by molar-refractivity contribution is 5.69. The Kier molecular flexibility index (Phi) is 6.09. The number of hydrogen-bond acceptors (Lipinski definition) is 5. The molecule has 0 atom stereocenters. The Morgan fingerprint density at radius 2 is 2.14 bits per heavy atom. The van der Waals surface area contributed by atoms with Crippen molar-refractivity contribution in [3.8, 4) is 11.5 Å². The molecule has 1 aliphatic heterocycles. The van der Waals surface area contributed by atoms with Crippen LogP contribution in [0.2, 0.25) is 0 Å². The van der Waals surface area contributed by atoms with E-state index in [0.29, 0.717) is 6.42 Å². The molecule has 0 unspecified atom stereocenters. The number of aliphatic hydroxyl groups is 1. The van der Waals surface area contributed by atoms with Crippen molar-refractivity contribution in [2.45, 2.75) is 25.7 Å². The third kappa shape index (κ3) is 5.11. The number of carbonyl (C=O) groups is 1. The third-order valence-electron chi connectivity index (χ3n) is 3.06. The Morgan fingerprint density at radius 3 is 3.00 bits per heavy atom. The van der Waals surface area contributed by atoms with Gasteiger partial charge in [-0.2, -0.15) is 0 Å². The van der Waals surface area contributed by atoms with Crippen LogP contribution in [-0.2, 0) is 9.53 Å². The lowest BCUT2D eigenvalue weighted by molar-refractivity contribution is -0.144. The van der Waals surface area contributed by atoms with Crippen molar-refractivity contribution in [1.82, 2.24) is 0 Å². The Morgan fingerprint density at radius 1 is 1.29 bits per heavy atom. The van der Waals surface area contributed by atoms with Gasteiger partial charge in [0.2, 0.25) is 6.79 Å². The van der Waals surface area contributed by atoms with E-state index in [2.05, 4.69) is 6.08 Å². The summed E-state index contributed by atoms with van der Waals surface area (Å²) in [5.74, 6) is 1.32. The van der Waals surface area contributed by atoms with Gasteiger partial charge in [0.1, 0.15) is 6.61 Å². The number of unbranched alkanes of at least 4 members (excludes halogenated alkanes) is 2. The Bertz CT molecular complexity index is 495. The lowest BCUT2D eigenvalue weighted by atomic mass is 10.1. The Hall–Kier alpha value is -2.01. The van der Waals surface area contributed by atoms with E-state index in [9.17, 15) is 4.79 Å². The van der Waals surface area contributed by atoms with Crippen molar-refractivity contribution in [2.75, 3.05) is 20.0 Å². The van der Waals surface area contributed by atoms with Crippen molar-refractivity contribution in [1.29, 1.82) is 0 Å². The molecule has 0 amide bonds. The quantitative estimate of drug-likeness (QED) is 0.589. The molecular weight excluding hydrogens is 272 g/mol. The molecule has 0 aromatic heterocycles. The number of rotatable bonds is 8. The SMILES string of the molecule is O=C(CCCC/C=C/c1ccc2c(c1)OCO2)OCCO. The van der Waals surface area contributed by atoms with Gasteiger partial charge < -0.3 is 19.3 Å². The first-order valence-corrected chi connectivity index (χ1v) is 7.12. The molecule has 21 heavy (non-hydrogen) atoms. The summed E-state index contributed by atoms with van der Waals surface area (Å²) in [5, 5.41) is 8.52. The summed E-state index contributed by atoms with van der Waals surface area (Å²) in [4.78, 5) is 11.2. The first kappa shape index (κ1) is 15.4. The van der Waals surface area contributed by atoms with E-state index in [1.807, 2.05) is 24.3 Å². The van der Waals surface area contributed by atoms with Gasteiger partial charge in [-0.3, -0.25) is 4.79 Å². The maximum atomic E-state index is 11.2. The third-order valence-corrected chi connectivity index (χ3v) is 3.06. The van der Waals surface area contributed by atoms with E-state index in [1.54, 1.807) is 0 Å². The molecule has 0 saturated carbocycles. The van der Waals surface area contributed by atoms with Crippen LogP contribution >= 0.6 is 0 Å². The van der Waals surface area contributed by atoms with E-state index in [4.69, 9.17) is 19.3 Å². The molecule has 1 aliphatic rings. The van der Waals surface area contributed by atoms with Crippen LogP contribution in [0.5, 0.6) is 11.5 Å². The fraction of sp³-hybridized carbons (Fsp3) is 0.438. The van der Waals surface area contributed by atoms with Crippen molar-refractivity contribution in [3.63, 3.8) is 0 Å². The molecule has 1 heterocycles. The molecule has 1 N–H and O–H groups in total. The number of hydrogen-bond donors (Lipinski definition) is 1. The lowest BCUT2D eigenvalue weighted by Crippen LogP contribution is -2.07. The molecule has 0 aliphatic carbocycles. The molecule has 0 saturated heterocycles. The smallest absolute Gasteiger partial charge is 0.305 e. The second-order valence-electron chi connectivity index (χ2n) is 4.70. The van der Waals surface area contributed by atoms with Crippen LogP contribution < -0.4 is 9.47 Å². The van der Waals surface area contributed by atoms with Gasteiger partial charge in [0.15, 0.2) is 11.5 Å². The largest absolute Gasteiger partial charge is 0.463 e. The number of allylic oxidation sites excluding steroid dienone is 1. The number of aliphatic hydroxyl groups excluding tert-OH is 1. The highest BCUT2D eigenvalue weighted by atomic mass is 16.7. The predicted molar refractivity (Wildman–Crippen MR) is 78.1 cm³/mol. The molecule has 5 nitrogen and oxygen atoms in total. The number of fused-ring (bicyclic) bond motifs is 1. The summed E-state index contributed by atoms with van der Waals surface area (Å²) in [7, 11) is 0. The zero-order valence-electron chi connectivity index (χ0n) is 11.9. The lowest BCUT2D eigenvalue weighted by Gasteiger charge is -2.01. The van der Waals surface area contributed by atoms with Crippen molar-refractivity contribution < 1.29 is 24.1 Å². The normalized spacial score (nSPS) is 12.8. The van der Waals surface area contributed by atoms with Crippen molar-refractivity contribution >= 4 is 12.0 Å². The second-order valence-corrected chi connectivity index (χ2v) is 4.70. The summed E-state index contributed by atoms with van der Waals surface area (Å²) >= 11 is 0. The molecule has 114 valence electrons. The van der Waals surface area contributed by atoms with Gasteiger partial charge in [-0.1, -0.05) is 18.2 Å². The Labute approximate surface area is 124 Å². The van der Waals surface area contributed by atoms with Gasteiger partial charge in [0.05, 0.1) is 6.61 Å². The van der Waals surface area contributed by atoms with Gasteiger partial charge in [-0.15, -0.1) is 0 Å². The van der Waals surface area contributed by atoms with Gasteiger partial charge >= 0.3 is 5.97 Å². The van der Waals surface area contributed by atoms with E-state index in [1.165, 1.54) is 0 Å². The average Bonchev–Trinajstić information content (AvgIpc) is 2.96. The minimum absolute atomic E-state index is 0.0862. The molecule has 0 spiro atoms. The molecule has 1 aromatic carbocycles. The summed E-state index contributed by atoms with van der Waals surface area (Å²) < 4.78 is 15.3. The first-order valence-electron chi connectivity index (χ1n) is 7.12. The van der Waals surface area contributed by atoms with Crippen LogP contribution in [0.1, 0.15) is 31.2 Å². The number of ether oxygens (including phenoxy) is 3. The molecule has 0 fully saturated rings. The zero-order chi connectivity index (χ0) is 14.9. The van der Waals surface area contributed by atoms with Crippen molar-refractivity contribution in [3.05, 3.63) is 29.8 Å². The minimum Gasteiger partial charge on any atom is -0.463 e. The number of carbonyl (C=O) groups excluding carboxylic acids is 1. The van der Waals surface area contributed by atoms with Crippen LogP contribution in [-0.4, -0.2) is 31.1 Å². The maximum Gasteiger partial charge on any atom is 0.305 e. The zero-order valence-corrected chi connectivity index (χ0v) is 11.9. The number of esters is 1. The summed E-state index contributed by atoms with van der Waals surface area (Å²) in [6.07, 6.45) is 7.13. The topological polar surface area (TPSA) is 65.0 Å². The van der Waals surface area contributed by atoms with Gasteiger partial charge in [0.25, 0.3) is 0 Å². The fourth-order valence-electron chi connectivity index (χ4n) is 2.00. The van der Waals surface area contributed by atoms with Gasteiger partial charge in [-0.25, -0.2) is 0 Å². The van der Waals surface area contributed by atoms with Crippen LogP contribution in [0.4, 0.5) is 0 Å². The second kappa shape index (κ2) is 8.32. The summed E-state index contributed by atoms with van der Waals surface area (Å²) in [6, 6.07) is 5.83. The highest BCUT2D eigenvalue weighted by Gasteiger charge is 2.11. The molecule has 2 rings (SSSR count). The molecule has 5 heteroatoms. The first-order chi connectivity index (χ1) is 10.3. The molecular formula is C16H20O5. The van der Waals surface area contributed by atoms with Gasteiger partial charge in [-0.05, 0) is 37.0 Å². The molecule has 0 bridgehead atoms. The van der Waals surface area contributed by atoms with Crippen LogP contribution in [0.15, 0.2) is 24.3 Å². The molecule has 1 aromatic rings. The van der Waals surface area contributed by atoms with Gasteiger partial charge in [0, 0.05) is 6.42 Å². The van der Waals surface area contributed by atoms with E-state index in [0.717, 1.165) is 36.3 Å². The monoisotopic (exact) mass is 292 g/mol. The van der Waals surface area contributed by atoms with Crippen LogP contribution in [0, 0.1) is 0 Å². The van der Waals surface area contributed by atoms with Crippen LogP contribution in [0.25, 0.3) is 6.08 Å². The van der Waals surface area contributed by atoms with Crippen LogP contribution in [0.3, 0.4) is 0 Å². The predicted octanol–water partition coefficient (Wildman–Crippen LogP) is 2.52. The van der Waals surface area contributed by atoms with Crippen molar-refractivity contribution in [2.24, 2.45) is 0 Å². The summed E-state index contributed by atoms with van der Waals surface area (Å²) in [6.45, 7) is 0.252. The Balaban J connectivity index is 1.63. The standard InChI is InChI=1S/C16H20O5/c17-9-10-19-16(18)6-4-2-1-3-5-13-7-8-14-15(11-13)21-12-20-14/h3,5,7-8,11,17H,1-2,4,6,9-10,12H2/b5-3+. The maximum absolute atomic E-state index is 11.2. The van der Waals surface area contributed by atoms with E-state index in [-0.39, 0.29) is 26.0 Å². The molecule has 0 radical (unpaired) electrons.